The number of anilines is 1. The van der Waals surface area contributed by atoms with Gasteiger partial charge in [0.25, 0.3) is 0 Å². The van der Waals surface area contributed by atoms with Crippen molar-refractivity contribution in [3.63, 3.8) is 0 Å². The van der Waals surface area contributed by atoms with E-state index in [4.69, 9.17) is 21.7 Å². The zero-order chi connectivity index (χ0) is 11.6. The molecule has 0 aromatic heterocycles. The summed E-state index contributed by atoms with van der Waals surface area (Å²) >= 11 is 0. The Bertz CT molecular complexity index is 372. The molecule has 0 amide bonds. The molecule has 0 aliphatic heterocycles. The molecule has 1 aromatic carbocycles. The molecule has 0 aliphatic rings. The van der Waals surface area contributed by atoms with Crippen LogP contribution in [-0.2, 0) is 11.2 Å². The van der Waals surface area contributed by atoms with Crippen molar-refractivity contribution in [1.29, 1.82) is 0 Å². The third kappa shape index (κ3) is 2.57. The van der Waals surface area contributed by atoms with Gasteiger partial charge in [0.05, 0.1) is 5.69 Å². The molecule has 0 bridgehead atoms. The molecule has 0 heterocycles. The van der Waals surface area contributed by atoms with Crippen LogP contribution in [0.15, 0.2) is 12.1 Å². The van der Waals surface area contributed by atoms with Crippen molar-refractivity contribution in [2.45, 2.75) is 12.5 Å². The van der Waals surface area contributed by atoms with Gasteiger partial charge in [0.2, 0.25) is 0 Å². The monoisotopic (exact) mass is 214 g/mol. The van der Waals surface area contributed by atoms with E-state index < -0.39 is 23.6 Å². The summed E-state index contributed by atoms with van der Waals surface area (Å²) < 4.78 is 13.0. The quantitative estimate of drug-likeness (QED) is 0.420. The van der Waals surface area contributed by atoms with E-state index in [2.05, 4.69) is 0 Å². The summed E-state index contributed by atoms with van der Waals surface area (Å²) in [7, 11) is 0. The van der Waals surface area contributed by atoms with Gasteiger partial charge >= 0.3 is 5.97 Å². The van der Waals surface area contributed by atoms with E-state index in [1.807, 2.05) is 0 Å². The molecule has 0 unspecified atom stereocenters. The van der Waals surface area contributed by atoms with Gasteiger partial charge < -0.3 is 21.7 Å². The van der Waals surface area contributed by atoms with Crippen molar-refractivity contribution in [3.8, 4) is 5.75 Å². The fraction of sp³-hybridized carbons (Fsp3) is 0.222. The number of hydrogen-bond acceptors (Lipinski definition) is 4. The number of carbonyl (C=O) groups is 1. The Balaban J connectivity index is 2.92. The maximum atomic E-state index is 13.0. The van der Waals surface area contributed by atoms with Gasteiger partial charge in [0, 0.05) is 0 Å². The maximum absolute atomic E-state index is 13.0. The number of nitrogens with two attached hydrogens (primary N) is 2. The van der Waals surface area contributed by atoms with Crippen LogP contribution >= 0.6 is 0 Å². The highest BCUT2D eigenvalue weighted by Gasteiger charge is 2.14. The number of aromatic hydroxyl groups is 1. The highest BCUT2D eigenvalue weighted by molar-refractivity contribution is 5.73. The second kappa shape index (κ2) is 4.14. The van der Waals surface area contributed by atoms with Crippen molar-refractivity contribution in [3.05, 3.63) is 23.5 Å². The highest BCUT2D eigenvalue weighted by Crippen LogP contribution is 2.25. The largest absolute Gasteiger partial charge is 0.503 e. The van der Waals surface area contributed by atoms with Gasteiger partial charge in [-0.2, -0.15) is 0 Å². The molecular weight excluding hydrogens is 203 g/mol. The molecule has 0 saturated carbocycles. The average Bonchev–Trinajstić information content (AvgIpc) is 2.13. The maximum Gasteiger partial charge on any atom is 0.320 e. The first-order valence-electron chi connectivity index (χ1n) is 4.17. The van der Waals surface area contributed by atoms with Crippen molar-refractivity contribution in [1.82, 2.24) is 0 Å². The minimum atomic E-state index is -1.18. The summed E-state index contributed by atoms with van der Waals surface area (Å²) in [4.78, 5) is 10.4. The number of halogens is 1. The molecule has 0 fully saturated rings. The first-order chi connectivity index (χ1) is 6.91. The van der Waals surface area contributed by atoms with Crippen molar-refractivity contribution < 1.29 is 19.4 Å². The Hall–Kier alpha value is -1.82. The predicted molar refractivity (Wildman–Crippen MR) is 51.8 cm³/mol. The minimum Gasteiger partial charge on any atom is -0.503 e. The summed E-state index contributed by atoms with van der Waals surface area (Å²) in [6, 6.07) is 1.18. The lowest BCUT2D eigenvalue weighted by molar-refractivity contribution is -0.138. The predicted octanol–water partition coefficient (Wildman–Crippen LogP) is 0.0679. The third-order valence-corrected chi connectivity index (χ3v) is 1.93. The first-order valence-corrected chi connectivity index (χ1v) is 4.17. The molecular formula is C9H11FN2O3. The fourth-order valence-corrected chi connectivity index (χ4v) is 1.14. The number of benzene rings is 1. The van der Waals surface area contributed by atoms with Crippen LogP contribution in [0.5, 0.6) is 5.75 Å². The smallest absolute Gasteiger partial charge is 0.320 e. The summed E-state index contributed by atoms with van der Waals surface area (Å²) in [5, 5.41) is 17.6. The van der Waals surface area contributed by atoms with Crippen molar-refractivity contribution in [2.24, 2.45) is 5.73 Å². The van der Waals surface area contributed by atoms with Gasteiger partial charge in [-0.1, -0.05) is 0 Å². The second-order valence-electron chi connectivity index (χ2n) is 3.16. The molecule has 1 aromatic rings. The van der Waals surface area contributed by atoms with Crippen LogP contribution in [0.25, 0.3) is 0 Å². The Labute approximate surface area is 85.1 Å². The van der Waals surface area contributed by atoms with E-state index >= 15 is 0 Å². The lowest BCUT2D eigenvalue weighted by Crippen LogP contribution is -2.32. The number of phenolic OH excluding ortho intramolecular Hbond substituents is 1. The van der Waals surface area contributed by atoms with Crippen LogP contribution in [0.1, 0.15) is 5.56 Å². The van der Waals surface area contributed by atoms with Gasteiger partial charge in [-0.25, -0.2) is 4.39 Å². The summed E-state index contributed by atoms with van der Waals surface area (Å²) in [6.45, 7) is 0. The van der Waals surface area contributed by atoms with Gasteiger partial charge in [-0.3, -0.25) is 4.79 Å². The van der Waals surface area contributed by atoms with E-state index in [0.29, 0.717) is 5.56 Å². The van der Waals surface area contributed by atoms with Crippen LogP contribution in [-0.4, -0.2) is 22.2 Å². The number of rotatable bonds is 3. The van der Waals surface area contributed by atoms with Crippen LogP contribution in [0.2, 0.25) is 0 Å². The molecule has 15 heavy (non-hydrogen) atoms. The van der Waals surface area contributed by atoms with Crippen LogP contribution in [0, 0.1) is 5.82 Å². The molecule has 1 rings (SSSR count). The van der Waals surface area contributed by atoms with Gasteiger partial charge in [-0.15, -0.1) is 0 Å². The summed E-state index contributed by atoms with van der Waals surface area (Å²) in [6.07, 6.45) is -0.0449. The molecule has 0 aliphatic carbocycles. The Morgan fingerprint density at radius 2 is 2.13 bits per heavy atom. The summed E-state index contributed by atoms with van der Waals surface area (Å²) in [5.74, 6) is -2.70. The third-order valence-electron chi connectivity index (χ3n) is 1.93. The number of phenols is 1. The number of aliphatic carboxylic acids is 1. The van der Waals surface area contributed by atoms with Crippen molar-refractivity contribution >= 4 is 11.7 Å². The normalized spacial score (nSPS) is 12.4. The van der Waals surface area contributed by atoms with E-state index in [9.17, 15) is 9.18 Å². The van der Waals surface area contributed by atoms with E-state index in [1.165, 1.54) is 6.07 Å². The van der Waals surface area contributed by atoms with Crippen LogP contribution in [0.3, 0.4) is 0 Å². The number of carboxylic acid groups (broad SMARTS) is 1. The Kier molecular flexibility index (Phi) is 3.11. The number of nitrogen functional groups attached to an aromatic ring is 1. The molecule has 6 N–H and O–H groups in total. The molecule has 6 heteroatoms. The van der Waals surface area contributed by atoms with E-state index in [-0.39, 0.29) is 12.1 Å². The van der Waals surface area contributed by atoms with Crippen LogP contribution < -0.4 is 11.5 Å². The van der Waals surface area contributed by atoms with Gasteiger partial charge in [0.1, 0.15) is 6.04 Å². The Morgan fingerprint density at radius 3 is 2.60 bits per heavy atom. The van der Waals surface area contributed by atoms with Gasteiger partial charge in [-0.05, 0) is 24.1 Å². The summed E-state index contributed by atoms with van der Waals surface area (Å²) in [5.41, 5.74) is 10.8. The molecule has 0 saturated heterocycles. The van der Waals surface area contributed by atoms with E-state index in [0.717, 1.165) is 6.07 Å². The SMILES string of the molecule is Nc1cc(C[C@H](N)C(=O)O)cc(F)c1O. The first kappa shape index (κ1) is 11.3. The molecule has 0 spiro atoms. The van der Waals surface area contributed by atoms with E-state index in [1.54, 1.807) is 0 Å². The lowest BCUT2D eigenvalue weighted by atomic mass is 10.1. The minimum absolute atomic E-state index is 0.0449. The zero-order valence-electron chi connectivity index (χ0n) is 7.77. The zero-order valence-corrected chi connectivity index (χ0v) is 7.77. The molecule has 1 atom stereocenters. The second-order valence-corrected chi connectivity index (χ2v) is 3.16. The lowest BCUT2D eigenvalue weighted by Gasteiger charge is -2.08. The molecule has 82 valence electrons. The number of hydrogen-bond donors (Lipinski definition) is 4. The Morgan fingerprint density at radius 1 is 1.53 bits per heavy atom. The fourth-order valence-electron chi connectivity index (χ4n) is 1.14. The van der Waals surface area contributed by atoms with Crippen LogP contribution in [0.4, 0.5) is 10.1 Å². The molecule has 5 nitrogen and oxygen atoms in total. The molecule has 0 radical (unpaired) electrons. The van der Waals surface area contributed by atoms with Gasteiger partial charge in [0.15, 0.2) is 11.6 Å². The standard InChI is InChI=1S/C9H11FN2O3/c10-5-1-4(2-6(11)8(5)13)3-7(12)9(14)15/h1-2,7,13H,3,11-12H2,(H,14,15)/t7-/m0/s1. The topological polar surface area (TPSA) is 110 Å². The average molecular weight is 214 g/mol. The number of carboxylic acids is 1. The van der Waals surface area contributed by atoms with Crippen molar-refractivity contribution in [2.75, 3.05) is 5.73 Å². The highest BCUT2D eigenvalue weighted by atomic mass is 19.1.